The number of ether oxygens (including phenoxy) is 2. The average molecular weight is 558 g/mol. The summed E-state index contributed by atoms with van der Waals surface area (Å²) in [6.07, 6.45) is 2.52. The summed E-state index contributed by atoms with van der Waals surface area (Å²) in [5.74, 6) is -0.896. The van der Waals surface area contributed by atoms with Crippen molar-refractivity contribution in [3.05, 3.63) is 59.9 Å². The van der Waals surface area contributed by atoms with E-state index in [9.17, 15) is 18.0 Å². The Bertz CT molecular complexity index is 1410. The Morgan fingerprint density at radius 2 is 1.77 bits per heavy atom. The third-order valence-electron chi connectivity index (χ3n) is 5.62. The minimum absolute atomic E-state index is 0.0329. The summed E-state index contributed by atoms with van der Waals surface area (Å²) in [7, 11) is -2.43. The fraction of sp³-hybridized carbons (Fsp3) is 0.407. The predicted octanol–water partition coefficient (Wildman–Crippen LogP) is 3.77. The van der Waals surface area contributed by atoms with Gasteiger partial charge in [0.25, 0.3) is 5.91 Å². The third-order valence-corrected chi connectivity index (χ3v) is 7.43. The van der Waals surface area contributed by atoms with Gasteiger partial charge >= 0.3 is 6.09 Å². The lowest BCUT2D eigenvalue weighted by Gasteiger charge is -2.22. The van der Waals surface area contributed by atoms with Crippen LogP contribution in [0.25, 0.3) is 10.9 Å². The monoisotopic (exact) mass is 557 g/mol. The fourth-order valence-electron chi connectivity index (χ4n) is 3.73. The molecule has 0 spiro atoms. The first kappa shape index (κ1) is 29.6. The first-order chi connectivity index (χ1) is 18.4. The number of nitrogens with zero attached hydrogens (tertiary/aromatic N) is 3. The lowest BCUT2D eigenvalue weighted by Crippen LogP contribution is -2.33. The zero-order valence-electron chi connectivity index (χ0n) is 22.6. The lowest BCUT2D eigenvalue weighted by molar-refractivity contribution is 0.0526. The average Bonchev–Trinajstić information content (AvgIpc) is 2.88. The van der Waals surface area contributed by atoms with Crippen molar-refractivity contribution in [2.75, 3.05) is 23.7 Å². The molecular formula is C27H35N5O6S. The molecule has 12 heteroatoms. The molecule has 0 fully saturated rings. The SMILES string of the molecule is CN(c1nc(C(N)=O)c(OCc2ccccc2)c2ncccc12)S(=O)(=O)CCCCCNC(=O)OC(C)(C)C. The van der Waals surface area contributed by atoms with Gasteiger partial charge in [0.15, 0.2) is 17.3 Å². The Morgan fingerprint density at radius 1 is 1.05 bits per heavy atom. The summed E-state index contributed by atoms with van der Waals surface area (Å²) < 4.78 is 38.5. The Labute approximate surface area is 228 Å². The molecule has 2 aromatic heterocycles. The molecule has 0 saturated heterocycles. The summed E-state index contributed by atoms with van der Waals surface area (Å²) >= 11 is 0. The number of carbonyl (C=O) groups is 2. The zero-order valence-corrected chi connectivity index (χ0v) is 23.5. The van der Waals surface area contributed by atoms with E-state index < -0.39 is 27.6 Å². The molecule has 0 atom stereocenters. The number of primary amides is 1. The number of nitrogens with two attached hydrogens (primary N) is 1. The van der Waals surface area contributed by atoms with Gasteiger partial charge in [0.05, 0.1) is 5.75 Å². The van der Waals surface area contributed by atoms with E-state index in [1.54, 1.807) is 32.9 Å². The maximum Gasteiger partial charge on any atom is 0.407 e. The van der Waals surface area contributed by atoms with Crippen LogP contribution in [0.4, 0.5) is 10.6 Å². The van der Waals surface area contributed by atoms with Crippen LogP contribution in [0.1, 0.15) is 56.1 Å². The van der Waals surface area contributed by atoms with Crippen molar-refractivity contribution in [2.24, 2.45) is 5.73 Å². The minimum atomic E-state index is -3.80. The van der Waals surface area contributed by atoms with Gasteiger partial charge in [0, 0.05) is 25.2 Å². The quantitative estimate of drug-likeness (QED) is 0.319. The smallest absolute Gasteiger partial charge is 0.407 e. The highest BCUT2D eigenvalue weighted by atomic mass is 32.2. The number of rotatable bonds is 12. The molecule has 0 aliphatic rings. The van der Waals surface area contributed by atoms with Crippen LogP contribution in [0.5, 0.6) is 5.75 Å². The standard InChI is InChI=1S/C27H35N5O6S/c1-27(2,3)38-26(34)30-15-9-6-10-17-39(35,36)32(4)25-20-14-11-16-29-21(20)23(22(31-25)24(28)33)37-18-19-12-7-5-8-13-19/h5,7-8,11-14,16H,6,9-10,15,17-18H2,1-4H3,(H2,28,33)(H,30,34). The van der Waals surface area contributed by atoms with Gasteiger partial charge in [-0.1, -0.05) is 36.8 Å². The largest absolute Gasteiger partial charge is 0.484 e. The highest BCUT2D eigenvalue weighted by Crippen LogP contribution is 2.34. The van der Waals surface area contributed by atoms with Gasteiger partial charge in [-0.3, -0.25) is 14.1 Å². The molecule has 2 amide bonds. The van der Waals surface area contributed by atoms with Gasteiger partial charge in [-0.15, -0.1) is 0 Å². The first-order valence-electron chi connectivity index (χ1n) is 12.6. The van der Waals surface area contributed by atoms with Crippen LogP contribution in [-0.2, 0) is 21.4 Å². The van der Waals surface area contributed by atoms with Crippen molar-refractivity contribution >= 4 is 38.7 Å². The first-order valence-corrected chi connectivity index (χ1v) is 14.2. The second-order valence-electron chi connectivity index (χ2n) is 9.92. The highest BCUT2D eigenvalue weighted by Gasteiger charge is 2.27. The molecule has 2 heterocycles. The van der Waals surface area contributed by atoms with E-state index in [1.165, 1.54) is 13.2 Å². The van der Waals surface area contributed by atoms with Crippen LogP contribution in [0.3, 0.4) is 0 Å². The Kier molecular flexibility index (Phi) is 9.68. The van der Waals surface area contributed by atoms with E-state index in [2.05, 4.69) is 15.3 Å². The molecular weight excluding hydrogens is 522 g/mol. The summed E-state index contributed by atoms with van der Waals surface area (Å²) in [4.78, 5) is 32.8. The van der Waals surface area contributed by atoms with Crippen molar-refractivity contribution in [3.8, 4) is 5.75 Å². The van der Waals surface area contributed by atoms with Crippen LogP contribution < -0.4 is 20.1 Å². The van der Waals surface area contributed by atoms with E-state index in [1.807, 2.05) is 30.3 Å². The summed E-state index contributed by atoms with van der Waals surface area (Å²) in [5, 5.41) is 3.06. The number of sulfonamides is 1. The number of aromatic nitrogens is 2. The molecule has 1 aromatic carbocycles. The van der Waals surface area contributed by atoms with E-state index in [-0.39, 0.29) is 35.1 Å². The maximum atomic E-state index is 13.2. The molecule has 210 valence electrons. The molecule has 3 rings (SSSR count). The van der Waals surface area contributed by atoms with Gasteiger partial charge < -0.3 is 20.5 Å². The molecule has 0 unspecified atom stereocenters. The topological polar surface area (TPSA) is 154 Å². The van der Waals surface area contributed by atoms with E-state index in [0.29, 0.717) is 31.2 Å². The van der Waals surface area contributed by atoms with Crippen LogP contribution >= 0.6 is 0 Å². The van der Waals surface area contributed by atoms with Gasteiger partial charge in [-0.05, 0) is 51.3 Å². The molecule has 0 bridgehead atoms. The van der Waals surface area contributed by atoms with Crippen LogP contribution in [0.2, 0.25) is 0 Å². The Morgan fingerprint density at radius 3 is 2.44 bits per heavy atom. The van der Waals surface area contributed by atoms with Crippen molar-refractivity contribution in [1.29, 1.82) is 0 Å². The van der Waals surface area contributed by atoms with Crippen molar-refractivity contribution in [1.82, 2.24) is 15.3 Å². The van der Waals surface area contributed by atoms with Crippen molar-refractivity contribution < 1.29 is 27.5 Å². The number of hydrogen-bond acceptors (Lipinski definition) is 8. The summed E-state index contributed by atoms with van der Waals surface area (Å²) in [5.41, 5.74) is 5.97. The zero-order chi connectivity index (χ0) is 28.6. The second kappa shape index (κ2) is 12.7. The molecule has 3 aromatic rings. The van der Waals surface area contributed by atoms with Crippen molar-refractivity contribution in [3.63, 3.8) is 0 Å². The molecule has 0 radical (unpaired) electrons. The molecule has 0 saturated carbocycles. The Balaban J connectivity index is 1.73. The van der Waals surface area contributed by atoms with Gasteiger partial charge in [0.2, 0.25) is 10.0 Å². The summed E-state index contributed by atoms with van der Waals surface area (Å²) in [6.45, 7) is 5.85. The number of alkyl carbamates (subject to hydrolysis) is 1. The maximum absolute atomic E-state index is 13.2. The number of nitrogens with one attached hydrogen (secondary N) is 1. The van der Waals surface area contributed by atoms with E-state index >= 15 is 0 Å². The van der Waals surface area contributed by atoms with Crippen LogP contribution in [0.15, 0.2) is 48.7 Å². The molecule has 3 N–H and O–H groups in total. The highest BCUT2D eigenvalue weighted by molar-refractivity contribution is 7.92. The molecule has 39 heavy (non-hydrogen) atoms. The van der Waals surface area contributed by atoms with Crippen LogP contribution in [-0.4, -0.2) is 55.3 Å². The number of hydrogen-bond donors (Lipinski definition) is 2. The number of fused-ring (bicyclic) bond motifs is 1. The number of amides is 2. The Hall–Kier alpha value is -3.93. The molecule has 0 aliphatic carbocycles. The predicted molar refractivity (Wildman–Crippen MR) is 149 cm³/mol. The van der Waals surface area contributed by atoms with E-state index in [0.717, 1.165) is 9.87 Å². The molecule has 0 aliphatic heterocycles. The van der Waals surface area contributed by atoms with Gasteiger partial charge in [-0.2, -0.15) is 0 Å². The lowest BCUT2D eigenvalue weighted by atomic mass is 10.2. The summed E-state index contributed by atoms with van der Waals surface area (Å²) in [6, 6.07) is 12.7. The van der Waals surface area contributed by atoms with Crippen LogP contribution in [0, 0.1) is 0 Å². The van der Waals surface area contributed by atoms with Gasteiger partial charge in [0.1, 0.15) is 17.7 Å². The third kappa shape index (κ3) is 8.28. The number of anilines is 1. The number of benzene rings is 1. The van der Waals surface area contributed by atoms with Gasteiger partial charge in [-0.25, -0.2) is 18.2 Å². The van der Waals surface area contributed by atoms with Crippen molar-refractivity contribution in [2.45, 2.75) is 52.2 Å². The normalized spacial score (nSPS) is 11.7. The number of unbranched alkanes of at least 4 members (excludes halogenated alkanes) is 2. The number of carbonyl (C=O) groups excluding carboxylic acids is 2. The second-order valence-corrected chi connectivity index (χ2v) is 12.0. The molecule has 11 nitrogen and oxygen atoms in total. The minimum Gasteiger partial charge on any atom is -0.484 e. The number of pyridine rings is 2. The van der Waals surface area contributed by atoms with E-state index in [4.69, 9.17) is 15.2 Å². The fourth-order valence-corrected chi connectivity index (χ4v) is 4.97.